The highest BCUT2D eigenvalue weighted by Gasteiger charge is 2.23. The van der Waals surface area contributed by atoms with Crippen LogP contribution in [0.1, 0.15) is 54.0 Å². The summed E-state index contributed by atoms with van der Waals surface area (Å²) in [5, 5.41) is 2.71. The van der Waals surface area contributed by atoms with E-state index >= 15 is 4.39 Å². The van der Waals surface area contributed by atoms with Gasteiger partial charge in [0.15, 0.2) is 11.6 Å². The van der Waals surface area contributed by atoms with Gasteiger partial charge >= 0.3 is 0 Å². The smallest absolute Gasteiger partial charge is 0.244 e. The summed E-state index contributed by atoms with van der Waals surface area (Å²) in [6.07, 6.45) is 7.07. The standard InChI is InChI=1S/C34H40FNO3/c1-5-38-18-19-39-31-20-23(2)33(24(3)34(31)35)29-11-6-8-26(21-29)13-12-25-14-16-28(17-15-25)30(22-32(37)36-4)27-9-7-10-27/h6,8,11,14-17,20-22,27H,5,7,9-10,12-13,18-19H2,1-4H3,(H,36,37)/b30-22+. The van der Waals surface area contributed by atoms with Crippen LogP contribution in [0, 0.1) is 25.6 Å². The van der Waals surface area contributed by atoms with E-state index < -0.39 is 0 Å². The van der Waals surface area contributed by atoms with Crippen LogP contribution < -0.4 is 10.1 Å². The number of nitrogens with one attached hydrogen (secondary N) is 1. The molecule has 1 aliphatic carbocycles. The van der Waals surface area contributed by atoms with Crippen LogP contribution in [0.25, 0.3) is 16.7 Å². The fraction of sp³-hybridized carbons (Fsp3) is 0.382. The van der Waals surface area contributed by atoms with Crippen molar-refractivity contribution in [2.24, 2.45) is 5.92 Å². The summed E-state index contributed by atoms with van der Waals surface area (Å²) in [5.41, 5.74) is 8.26. The van der Waals surface area contributed by atoms with E-state index in [1.807, 2.05) is 32.9 Å². The van der Waals surface area contributed by atoms with Crippen molar-refractivity contribution in [1.29, 1.82) is 0 Å². The Labute approximate surface area is 232 Å². The van der Waals surface area contributed by atoms with E-state index in [2.05, 4.69) is 41.7 Å². The van der Waals surface area contributed by atoms with Crippen molar-refractivity contribution in [3.05, 3.63) is 94.3 Å². The molecule has 0 aromatic heterocycles. The summed E-state index contributed by atoms with van der Waals surface area (Å²) in [4.78, 5) is 12.0. The molecule has 1 saturated carbocycles. The van der Waals surface area contributed by atoms with Crippen LogP contribution in [-0.2, 0) is 22.4 Å². The molecule has 0 saturated heterocycles. The maximum absolute atomic E-state index is 15.2. The first-order chi connectivity index (χ1) is 18.9. The molecule has 0 bridgehead atoms. The monoisotopic (exact) mass is 529 g/mol. The van der Waals surface area contributed by atoms with E-state index in [1.165, 1.54) is 17.5 Å². The molecule has 3 aromatic rings. The average molecular weight is 530 g/mol. The second-order valence-corrected chi connectivity index (χ2v) is 10.3. The minimum Gasteiger partial charge on any atom is -0.488 e. The lowest BCUT2D eigenvalue weighted by molar-refractivity contribution is -0.116. The summed E-state index contributed by atoms with van der Waals surface area (Å²) in [5.74, 6) is 0.390. The summed E-state index contributed by atoms with van der Waals surface area (Å²) in [7, 11) is 1.67. The van der Waals surface area contributed by atoms with Gasteiger partial charge in [0.25, 0.3) is 0 Å². The highest BCUT2D eigenvalue weighted by atomic mass is 19.1. The Kier molecular flexibility index (Phi) is 9.94. The van der Waals surface area contributed by atoms with Gasteiger partial charge in [0, 0.05) is 19.7 Å². The number of hydrogen-bond donors (Lipinski definition) is 1. The second kappa shape index (κ2) is 13.6. The molecule has 3 aromatic carbocycles. The Morgan fingerprint density at radius 3 is 2.44 bits per heavy atom. The van der Waals surface area contributed by atoms with Gasteiger partial charge in [0.1, 0.15) is 6.61 Å². The quantitative estimate of drug-likeness (QED) is 0.199. The minimum absolute atomic E-state index is 0.0463. The number of allylic oxidation sites excluding steroid dienone is 1. The lowest BCUT2D eigenvalue weighted by atomic mass is 9.76. The van der Waals surface area contributed by atoms with Crippen molar-refractivity contribution in [3.63, 3.8) is 0 Å². The molecule has 0 spiro atoms. The Hall–Kier alpha value is -3.44. The fourth-order valence-electron chi connectivity index (χ4n) is 5.23. The van der Waals surface area contributed by atoms with Gasteiger partial charge < -0.3 is 14.8 Å². The van der Waals surface area contributed by atoms with E-state index in [0.717, 1.165) is 53.5 Å². The number of carbonyl (C=O) groups is 1. The third-order valence-electron chi connectivity index (χ3n) is 7.64. The molecular formula is C34H40FNO3. The highest BCUT2D eigenvalue weighted by molar-refractivity contribution is 5.95. The fourth-order valence-corrected chi connectivity index (χ4v) is 5.23. The van der Waals surface area contributed by atoms with Crippen LogP contribution in [0.4, 0.5) is 4.39 Å². The molecule has 0 heterocycles. The van der Waals surface area contributed by atoms with E-state index in [9.17, 15) is 4.79 Å². The number of aryl methyl sites for hydroxylation is 3. The molecule has 1 aliphatic rings. The first kappa shape index (κ1) is 28.6. The zero-order valence-corrected chi connectivity index (χ0v) is 23.6. The summed E-state index contributed by atoms with van der Waals surface area (Å²) in [6, 6.07) is 18.8. The van der Waals surface area contributed by atoms with Crippen LogP contribution in [-0.4, -0.2) is 32.8 Å². The first-order valence-corrected chi connectivity index (χ1v) is 14.0. The van der Waals surface area contributed by atoms with E-state index in [4.69, 9.17) is 9.47 Å². The Balaban J connectivity index is 1.45. The van der Waals surface area contributed by atoms with E-state index in [0.29, 0.717) is 31.3 Å². The molecule has 206 valence electrons. The Morgan fingerprint density at radius 2 is 1.77 bits per heavy atom. The van der Waals surface area contributed by atoms with Crippen LogP contribution >= 0.6 is 0 Å². The number of likely N-dealkylation sites (N-methyl/N-ethyl adjacent to an activating group) is 1. The lowest BCUT2D eigenvalue weighted by Crippen LogP contribution is -2.19. The van der Waals surface area contributed by atoms with Gasteiger partial charge in [0.2, 0.25) is 5.91 Å². The SMILES string of the molecule is CCOCCOc1cc(C)c(-c2cccc(CCc3ccc(/C(=C/C(=O)NC)C4CCC4)cc3)c2)c(C)c1F. The van der Waals surface area contributed by atoms with Gasteiger partial charge in [-0.1, -0.05) is 55.0 Å². The maximum Gasteiger partial charge on any atom is 0.244 e. The predicted octanol–water partition coefficient (Wildman–Crippen LogP) is 7.24. The normalized spacial score (nSPS) is 13.7. The van der Waals surface area contributed by atoms with Gasteiger partial charge in [-0.15, -0.1) is 0 Å². The molecule has 0 atom stereocenters. The zero-order valence-electron chi connectivity index (χ0n) is 23.6. The van der Waals surface area contributed by atoms with Crippen molar-refractivity contribution in [2.45, 2.75) is 52.9 Å². The van der Waals surface area contributed by atoms with Crippen molar-refractivity contribution in [1.82, 2.24) is 5.32 Å². The molecular weight excluding hydrogens is 489 g/mol. The van der Waals surface area contributed by atoms with Gasteiger partial charge in [-0.25, -0.2) is 4.39 Å². The third kappa shape index (κ3) is 7.15. The molecule has 1 fully saturated rings. The third-order valence-corrected chi connectivity index (χ3v) is 7.64. The van der Waals surface area contributed by atoms with Crippen LogP contribution in [0.2, 0.25) is 0 Å². The maximum atomic E-state index is 15.2. The molecule has 39 heavy (non-hydrogen) atoms. The van der Waals surface area contributed by atoms with Gasteiger partial charge in [0.05, 0.1) is 6.61 Å². The van der Waals surface area contributed by atoms with Gasteiger partial charge in [-0.05, 0) is 103 Å². The number of benzene rings is 3. The zero-order chi connectivity index (χ0) is 27.8. The average Bonchev–Trinajstić information content (AvgIpc) is 2.91. The molecule has 0 radical (unpaired) electrons. The number of amides is 1. The van der Waals surface area contributed by atoms with Gasteiger partial charge in [-0.2, -0.15) is 0 Å². The number of ether oxygens (including phenoxy) is 2. The van der Waals surface area contributed by atoms with Crippen molar-refractivity contribution in [3.8, 4) is 16.9 Å². The summed E-state index contributed by atoms with van der Waals surface area (Å²) >= 11 is 0. The predicted molar refractivity (Wildman–Crippen MR) is 157 cm³/mol. The largest absolute Gasteiger partial charge is 0.488 e. The van der Waals surface area contributed by atoms with E-state index in [1.54, 1.807) is 19.2 Å². The molecule has 4 nitrogen and oxygen atoms in total. The summed E-state index contributed by atoms with van der Waals surface area (Å²) in [6.45, 7) is 7.12. The van der Waals surface area contributed by atoms with Crippen molar-refractivity contribution in [2.75, 3.05) is 26.9 Å². The first-order valence-electron chi connectivity index (χ1n) is 14.0. The van der Waals surface area contributed by atoms with Gasteiger partial charge in [-0.3, -0.25) is 4.79 Å². The van der Waals surface area contributed by atoms with E-state index in [-0.39, 0.29) is 17.5 Å². The van der Waals surface area contributed by atoms with Crippen LogP contribution in [0.15, 0.2) is 60.7 Å². The minimum atomic E-state index is -0.315. The van der Waals surface area contributed by atoms with Crippen molar-refractivity contribution < 1.29 is 18.7 Å². The Bertz CT molecular complexity index is 1310. The molecule has 0 aliphatic heterocycles. The highest BCUT2D eigenvalue weighted by Crippen LogP contribution is 2.39. The van der Waals surface area contributed by atoms with Crippen molar-refractivity contribution >= 4 is 11.5 Å². The second-order valence-electron chi connectivity index (χ2n) is 10.3. The lowest BCUT2D eigenvalue weighted by Gasteiger charge is -2.28. The number of carbonyl (C=O) groups excluding carboxylic acids is 1. The number of hydrogen-bond acceptors (Lipinski definition) is 3. The van der Waals surface area contributed by atoms with Crippen LogP contribution in [0.3, 0.4) is 0 Å². The topological polar surface area (TPSA) is 47.6 Å². The summed E-state index contributed by atoms with van der Waals surface area (Å²) < 4.78 is 26.1. The molecule has 5 heteroatoms. The molecule has 1 amide bonds. The number of halogens is 1. The molecule has 4 rings (SSSR count). The van der Waals surface area contributed by atoms with Crippen LogP contribution in [0.5, 0.6) is 5.75 Å². The number of rotatable bonds is 12. The molecule has 0 unspecified atom stereocenters. The Morgan fingerprint density at radius 1 is 1.03 bits per heavy atom. The molecule has 1 N–H and O–H groups in total.